The fourth-order valence-corrected chi connectivity index (χ4v) is 3.04. The van der Waals surface area contributed by atoms with Crippen LogP contribution in [0.5, 0.6) is 23.0 Å². The molecule has 0 radical (unpaired) electrons. The van der Waals surface area contributed by atoms with Gasteiger partial charge in [0.05, 0.1) is 39.4 Å². The van der Waals surface area contributed by atoms with Gasteiger partial charge in [-0.25, -0.2) is 0 Å². The van der Waals surface area contributed by atoms with Gasteiger partial charge in [-0.15, -0.1) is 11.6 Å². The van der Waals surface area contributed by atoms with Crippen molar-refractivity contribution in [1.29, 1.82) is 0 Å². The molecular formula is C21H23ClO8S. The van der Waals surface area contributed by atoms with Gasteiger partial charge in [0.1, 0.15) is 23.0 Å². The summed E-state index contributed by atoms with van der Waals surface area (Å²) in [7, 11) is 3.81. The first-order valence-electron chi connectivity index (χ1n) is 8.62. The predicted octanol–water partition coefficient (Wildman–Crippen LogP) is 3.44. The zero-order valence-electron chi connectivity index (χ0n) is 17.4. The quantitative estimate of drug-likeness (QED) is 0.461. The lowest BCUT2D eigenvalue weighted by atomic mass is 10.1. The highest BCUT2D eigenvalue weighted by Gasteiger charge is 2.20. The van der Waals surface area contributed by atoms with E-state index >= 15 is 0 Å². The van der Waals surface area contributed by atoms with E-state index < -0.39 is 21.6 Å². The summed E-state index contributed by atoms with van der Waals surface area (Å²) in [6.07, 6.45) is 1.69. The highest BCUT2D eigenvalue weighted by atomic mass is 35.5. The summed E-state index contributed by atoms with van der Waals surface area (Å²) in [6, 6.07) is 7.90. The number of rotatable bonds is 8. The second-order valence-corrected chi connectivity index (χ2v) is 6.92. The van der Waals surface area contributed by atoms with E-state index in [1.54, 1.807) is 39.5 Å². The number of halogens is 1. The molecule has 8 nitrogen and oxygen atoms in total. The van der Waals surface area contributed by atoms with Crippen molar-refractivity contribution in [1.82, 2.24) is 0 Å². The second-order valence-electron chi connectivity index (χ2n) is 5.73. The molecule has 0 aliphatic rings. The number of hydrogen-bond acceptors (Lipinski definition) is 7. The maximum Gasteiger partial charge on any atom is 0.326 e. The molecule has 0 saturated carbocycles. The van der Waals surface area contributed by atoms with Crippen molar-refractivity contribution in [3.05, 3.63) is 53.6 Å². The maximum absolute atomic E-state index is 10.8. The Hall–Kier alpha value is -3.17. The van der Waals surface area contributed by atoms with Crippen molar-refractivity contribution >= 4 is 39.3 Å². The molecule has 0 bridgehead atoms. The van der Waals surface area contributed by atoms with E-state index in [1.807, 2.05) is 0 Å². The molecule has 0 fully saturated rings. The molecular weight excluding hydrogens is 448 g/mol. The van der Waals surface area contributed by atoms with Gasteiger partial charge < -0.3 is 24.1 Å². The molecule has 2 aromatic rings. The second kappa shape index (κ2) is 12.5. The van der Waals surface area contributed by atoms with Gasteiger partial charge in [-0.05, 0) is 17.7 Å². The Morgan fingerprint density at radius 1 is 1.00 bits per heavy atom. The minimum Gasteiger partial charge on any atom is -0.496 e. The van der Waals surface area contributed by atoms with Crippen LogP contribution in [0.3, 0.4) is 0 Å². The summed E-state index contributed by atoms with van der Waals surface area (Å²) in [6.45, 7) is 3.70. The molecule has 2 rings (SSSR count). The summed E-state index contributed by atoms with van der Waals surface area (Å²) in [4.78, 5) is 10.8. The number of carboxylic acids is 1. The average Bonchev–Trinajstić information content (AvgIpc) is 2.77. The number of hydrogen-bond donors (Lipinski definition) is 1. The highest BCUT2D eigenvalue weighted by Crippen LogP contribution is 2.34. The topological polar surface area (TPSA) is 108 Å². The van der Waals surface area contributed by atoms with Crippen LogP contribution in [0.25, 0.3) is 6.08 Å². The van der Waals surface area contributed by atoms with Crippen molar-refractivity contribution < 1.29 is 37.3 Å². The third-order valence-electron chi connectivity index (χ3n) is 3.93. The molecule has 0 saturated heterocycles. The van der Waals surface area contributed by atoms with Crippen molar-refractivity contribution in [2.24, 2.45) is 0 Å². The molecule has 1 atom stereocenters. The Kier molecular flexibility index (Phi) is 10.4. The molecule has 0 spiro atoms. The third kappa shape index (κ3) is 7.23. The average molecular weight is 471 g/mol. The summed E-state index contributed by atoms with van der Waals surface area (Å²) in [5, 5.41) is 8.47. The van der Waals surface area contributed by atoms with Crippen LogP contribution in [0.4, 0.5) is 0 Å². The van der Waals surface area contributed by atoms with Crippen molar-refractivity contribution in [2.45, 2.75) is 5.38 Å². The molecule has 2 aromatic carbocycles. The van der Waals surface area contributed by atoms with Crippen LogP contribution in [-0.4, -0.2) is 53.3 Å². The monoisotopic (exact) mass is 470 g/mol. The third-order valence-corrected chi connectivity index (χ3v) is 4.82. The predicted molar refractivity (Wildman–Crippen MR) is 119 cm³/mol. The van der Waals surface area contributed by atoms with Crippen LogP contribution in [0.15, 0.2) is 36.9 Å². The lowest BCUT2D eigenvalue weighted by molar-refractivity contribution is -0.136. The van der Waals surface area contributed by atoms with E-state index in [-0.39, 0.29) is 5.56 Å². The minimum absolute atomic E-state index is 0.209. The fourth-order valence-electron chi connectivity index (χ4n) is 2.50. The van der Waals surface area contributed by atoms with E-state index in [1.165, 1.54) is 25.3 Å². The minimum atomic E-state index is -2.36. The summed E-state index contributed by atoms with van der Waals surface area (Å²) in [5.74, 6) is 1.14. The molecule has 10 heteroatoms. The maximum atomic E-state index is 10.8. The molecule has 0 aliphatic heterocycles. The molecule has 1 unspecified atom stereocenters. The van der Waals surface area contributed by atoms with Gasteiger partial charge >= 0.3 is 5.97 Å². The molecule has 1 N–H and O–H groups in total. The molecule has 168 valence electrons. The van der Waals surface area contributed by atoms with E-state index in [9.17, 15) is 13.2 Å². The van der Waals surface area contributed by atoms with Crippen molar-refractivity contribution in [3.63, 3.8) is 0 Å². The fraction of sp³-hybridized carbons (Fsp3) is 0.238. The first-order chi connectivity index (χ1) is 14.7. The van der Waals surface area contributed by atoms with Crippen molar-refractivity contribution in [3.8, 4) is 23.0 Å². The van der Waals surface area contributed by atoms with Crippen LogP contribution in [0.1, 0.15) is 22.1 Å². The Bertz CT molecular complexity index is 1030. The van der Waals surface area contributed by atoms with E-state index in [2.05, 4.69) is 6.58 Å². The normalized spacial score (nSPS) is 10.6. The number of carboxylic acid groups (broad SMARTS) is 1. The Balaban J connectivity index is 0.000000316. The SMILES string of the molecule is C=Cc1c(OC)cc(OC)cc1OC.COc1ccc(C=S(=O)=O)cc1C(Cl)C(=O)O. The molecule has 31 heavy (non-hydrogen) atoms. The van der Waals surface area contributed by atoms with Gasteiger partial charge in [0, 0.05) is 17.7 Å². The summed E-state index contributed by atoms with van der Waals surface area (Å²) in [5.41, 5.74) is 1.37. The molecule has 0 aromatic heterocycles. The number of aliphatic carboxylic acids is 1. The smallest absolute Gasteiger partial charge is 0.326 e. The van der Waals surface area contributed by atoms with Gasteiger partial charge in [-0.1, -0.05) is 18.7 Å². The number of alkyl halides is 1. The first-order valence-corrected chi connectivity index (χ1v) is 10.2. The zero-order chi connectivity index (χ0) is 23.6. The van der Waals surface area contributed by atoms with Gasteiger partial charge in [0.25, 0.3) is 0 Å². The van der Waals surface area contributed by atoms with Crippen molar-refractivity contribution in [2.75, 3.05) is 28.4 Å². The number of benzene rings is 2. The summed E-state index contributed by atoms with van der Waals surface area (Å²) < 4.78 is 41.4. The molecule has 0 aliphatic carbocycles. The number of ether oxygens (including phenoxy) is 4. The largest absolute Gasteiger partial charge is 0.496 e. The number of carbonyl (C=O) groups is 1. The van der Waals surface area contributed by atoms with Crippen LogP contribution < -0.4 is 18.9 Å². The Morgan fingerprint density at radius 2 is 1.55 bits per heavy atom. The summed E-state index contributed by atoms with van der Waals surface area (Å²) >= 11 is 5.69. The standard InChI is InChI=1S/C11H14O3.C10H9ClO5S/c1-5-9-10(13-3)6-8(12-2)7-11(9)14-4;1-16-8-3-2-6(5-17(14)15)4-7(8)9(11)10(12)13/h5-7H,1H2,2-4H3;2-5,9H,1H3,(H,12,13). The Labute approximate surface area is 187 Å². The Morgan fingerprint density at radius 3 is 1.94 bits per heavy atom. The lowest BCUT2D eigenvalue weighted by Crippen LogP contribution is -2.07. The lowest BCUT2D eigenvalue weighted by Gasteiger charge is -2.11. The van der Waals surface area contributed by atoms with Crippen LogP contribution in [0.2, 0.25) is 0 Å². The van der Waals surface area contributed by atoms with Gasteiger partial charge in [0.2, 0.25) is 10.3 Å². The molecule has 0 amide bonds. The highest BCUT2D eigenvalue weighted by molar-refractivity contribution is 7.71. The zero-order valence-corrected chi connectivity index (χ0v) is 19.0. The first kappa shape index (κ1) is 25.9. The van der Waals surface area contributed by atoms with E-state index in [0.717, 1.165) is 10.9 Å². The van der Waals surface area contributed by atoms with E-state index in [4.69, 9.17) is 35.7 Å². The van der Waals surface area contributed by atoms with Gasteiger partial charge in [-0.2, -0.15) is 8.42 Å². The van der Waals surface area contributed by atoms with Gasteiger partial charge in [-0.3, -0.25) is 4.79 Å². The number of methoxy groups -OCH3 is 4. The van der Waals surface area contributed by atoms with Crippen LogP contribution in [0, 0.1) is 0 Å². The van der Waals surface area contributed by atoms with E-state index in [0.29, 0.717) is 28.6 Å². The van der Waals surface area contributed by atoms with Crippen LogP contribution in [-0.2, 0) is 15.1 Å². The molecule has 0 heterocycles. The van der Waals surface area contributed by atoms with Gasteiger partial charge in [0.15, 0.2) is 5.38 Å². The van der Waals surface area contributed by atoms with Crippen LogP contribution >= 0.6 is 11.6 Å².